The van der Waals surface area contributed by atoms with Crippen molar-refractivity contribution in [3.05, 3.63) is 29.8 Å². The SMILES string of the molecule is Cl.NC1(C(=O)O)CCOc2ccccc21. The summed E-state index contributed by atoms with van der Waals surface area (Å²) < 4.78 is 5.33. The van der Waals surface area contributed by atoms with E-state index < -0.39 is 11.5 Å². The number of aliphatic carboxylic acids is 1. The Hall–Kier alpha value is -1.26. The smallest absolute Gasteiger partial charge is 0.328 e. The van der Waals surface area contributed by atoms with Gasteiger partial charge in [-0.25, -0.2) is 4.79 Å². The van der Waals surface area contributed by atoms with Crippen LogP contribution in [-0.4, -0.2) is 17.7 Å². The number of rotatable bonds is 1. The maximum atomic E-state index is 11.1. The van der Waals surface area contributed by atoms with Crippen molar-refractivity contribution in [3.63, 3.8) is 0 Å². The lowest BCUT2D eigenvalue weighted by Gasteiger charge is -2.31. The number of carbonyl (C=O) groups is 1. The van der Waals surface area contributed by atoms with Crippen LogP contribution in [0.25, 0.3) is 0 Å². The molecule has 15 heavy (non-hydrogen) atoms. The molecule has 0 aromatic heterocycles. The summed E-state index contributed by atoms with van der Waals surface area (Å²) in [6, 6.07) is 6.99. The second-order valence-electron chi connectivity index (χ2n) is 3.37. The minimum atomic E-state index is -1.30. The summed E-state index contributed by atoms with van der Waals surface area (Å²) >= 11 is 0. The van der Waals surface area contributed by atoms with Crippen molar-refractivity contribution in [2.45, 2.75) is 12.0 Å². The van der Waals surface area contributed by atoms with Gasteiger partial charge >= 0.3 is 5.97 Å². The van der Waals surface area contributed by atoms with E-state index in [2.05, 4.69) is 0 Å². The van der Waals surface area contributed by atoms with Gasteiger partial charge in [0.25, 0.3) is 0 Å². The third kappa shape index (κ3) is 1.78. The average molecular weight is 230 g/mol. The Kier molecular flexibility index (Phi) is 3.21. The van der Waals surface area contributed by atoms with E-state index in [0.717, 1.165) is 0 Å². The van der Waals surface area contributed by atoms with E-state index in [4.69, 9.17) is 15.6 Å². The van der Waals surface area contributed by atoms with E-state index in [1.54, 1.807) is 24.3 Å². The van der Waals surface area contributed by atoms with Crippen molar-refractivity contribution >= 4 is 18.4 Å². The molecular weight excluding hydrogens is 218 g/mol. The van der Waals surface area contributed by atoms with Crippen molar-refractivity contribution < 1.29 is 14.6 Å². The zero-order chi connectivity index (χ0) is 10.2. The van der Waals surface area contributed by atoms with E-state index in [-0.39, 0.29) is 12.4 Å². The van der Waals surface area contributed by atoms with Crippen molar-refractivity contribution in [3.8, 4) is 5.75 Å². The topological polar surface area (TPSA) is 72.6 Å². The lowest BCUT2D eigenvalue weighted by atomic mass is 9.86. The second-order valence-corrected chi connectivity index (χ2v) is 3.37. The standard InChI is InChI=1S/C10H11NO3.ClH/c11-10(9(12)13)5-6-14-8-4-2-1-3-7(8)10;/h1-4H,5-6,11H2,(H,12,13);1H. The Morgan fingerprint density at radius 1 is 1.47 bits per heavy atom. The van der Waals surface area contributed by atoms with Crippen molar-refractivity contribution in [1.82, 2.24) is 0 Å². The zero-order valence-corrected chi connectivity index (χ0v) is 8.79. The maximum Gasteiger partial charge on any atom is 0.328 e. The first kappa shape index (κ1) is 11.8. The number of para-hydroxylation sites is 1. The van der Waals surface area contributed by atoms with Gasteiger partial charge in [-0.05, 0) is 6.07 Å². The Labute approximate surface area is 93.4 Å². The van der Waals surface area contributed by atoms with Gasteiger partial charge in [0, 0.05) is 12.0 Å². The number of halogens is 1. The van der Waals surface area contributed by atoms with Gasteiger partial charge in [-0.2, -0.15) is 0 Å². The summed E-state index contributed by atoms with van der Waals surface area (Å²) in [5.41, 5.74) is 5.09. The van der Waals surface area contributed by atoms with Crippen LogP contribution in [0.1, 0.15) is 12.0 Å². The molecule has 1 aromatic rings. The molecule has 3 N–H and O–H groups in total. The van der Waals surface area contributed by atoms with E-state index in [0.29, 0.717) is 24.3 Å². The number of fused-ring (bicyclic) bond motifs is 1. The molecule has 1 atom stereocenters. The first-order valence-corrected chi connectivity index (χ1v) is 4.39. The first-order valence-electron chi connectivity index (χ1n) is 4.39. The second kappa shape index (κ2) is 4.08. The molecule has 2 rings (SSSR count). The number of carboxylic acid groups (broad SMARTS) is 1. The van der Waals surface area contributed by atoms with E-state index in [1.807, 2.05) is 0 Å². The van der Waals surface area contributed by atoms with Gasteiger partial charge in [0.2, 0.25) is 0 Å². The minimum Gasteiger partial charge on any atom is -0.493 e. The molecule has 0 saturated heterocycles. The molecule has 1 aliphatic heterocycles. The number of carboxylic acids is 1. The summed E-state index contributed by atoms with van der Waals surface area (Å²) in [4.78, 5) is 11.1. The molecule has 0 radical (unpaired) electrons. The average Bonchev–Trinajstić information content (AvgIpc) is 2.18. The third-order valence-electron chi connectivity index (χ3n) is 2.50. The molecule has 5 heteroatoms. The van der Waals surface area contributed by atoms with Gasteiger partial charge in [0.05, 0.1) is 6.61 Å². The molecule has 0 spiro atoms. The minimum absolute atomic E-state index is 0. The van der Waals surface area contributed by atoms with Crippen LogP contribution in [0, 0.1) is 0 Å². The fourth-order valence-electron chi connectivity index (χ4n) is 1.64. The predicted octanol–water partition coefficient (Wildman–Crippen LogP) is 1.13. The molecule has 0 fully saturated rings. The van der Waals surface area contributed by atoms with Crippen LogP contribution in [0.15, 0.2) is 24.3 Å². The largest absolute Gasteiger partial charge is 0.493 e. The number of hydrogen-bond donors (Lipinski definition) is 2. The molecule has 1 aromatic carbocycles. The van der Waals surface area contributed by atoms with Crippen LogP contribution < -0.4 is 10.5 Å². The molecule has 0 aliphatic carbocycles. The molecule has 4 nitrogen and oxygen atoms in total. The Morgan fingerprint density at radius 2 is 2.13 bits per heavy atom. The lowest BCUT2D eigenvalue weighted by Crippen LogP contribution is -2.48. The lowest BCUT2D eigenvalue weighted by molar-refractivity contribution is -0.144. The van der Waals surface area contributed by atoms with Crippen molar-refractivity contribution in [2.75, 3.05) is 6.61 Å². The van der Waals surface area contributed by atoms with Crippen LogP contribution in [0.4, 0.5) is 0 Å². The molecular formula is C10H12ClNO3. The molecule has 0 saturated carbocycles. The van der Waals surface area contributed by atoms with Gasteiger partial charge in [-0.1, -0.05) is 18.2 Å². The highest BCUT2D eigenvalue weighted by Gasteiger charge is 2.40. The van der Waals surface area contributed by atoms with Gasteiger partial charge in [-0.3, -0.25) is 0 Å². The maximum absolute atomic E-state index is 11.1. The first-order chi connectivity index (χ1) is 6.64. The fraction of sp³-hybridized carbons (Fsp3) is 0.300. The Bertz CT molecular complexity index is 383. The van der Waals surface area contributed by atoms with Gasteiger partial charge < -0.3 is 15.6 Å². The van der Waals surface area contributed by atoms with Gasteiger partial charge in [-0.15, -0.1) is 12.4 Å². The van der Waals surface area contributed by atoms with Crippen LogP contribution in [0.2, 0.25) is 0 Å². The summed E-state index contributed by atoms with van der Waals surface area (Å²) in [5.74, 6) is -0.433. The molecule has 0 bridgehead atoms. The van der Waals surface area contributed by atoms with E-state index in [1.165, 1.54) is 0 Å². The van der Waals surface area contributed by atoms with E-state index in [9.17, 15) is 4.79 Å². The van der Waals surface area contributed by atoms with Crippen LogP contribution in [-0.2, 0) is 10.3 Å². The fourth-order valence-corrected chi connectivity index (χ4v) is 1.64. The Morgan fingerprint density at radius 3 is 2.80 bits per heavy atom. The number of benzene rings is 1. The Balaban J connectivity index is 0.00000112. The highest BCUT2D eigenvalue weighted by molar-refractivity contribution is 5.85. The van der Waals surface area contributed by atoms with Crippen molar-refractivity contribution in [2.24, 2.45) is 5.73 Å². The third-order valence-corrected chi connectivity index (χ3v) is 2.50. The molecule has 82 valence electrons. The van der Waals surface area contributed by atoms with E-state index >= 15 is 0 Å². The monoisotopic (exact) mass is 229 g/mol. The molecule has 0 amide bonds. The van der Waals surface area contributed by atoms with Gasteiger partial charge in [0.15, 0.2) is 0 Å². The van der Waals surface area contributed by atoms with Crippen LogP contribution >= 0.6 is 12.4 Å². The molecule has 1 aliphatic rings. The van der Waals surface area contributed by atoms with Crippen LogP contribution in [0.5, 0.6) is 5.75 Å². The highest BCUT2D eigenvalue weighted by Crippen LogP contribution is 2.34. The summed E-state index contributed by atoms with van der Waals surface area (Å²) in [5, 5.41) is 9.06. The number of ether oxygens (including phenoxy) is 1. The molecule has 1 unspecified atom stereocenters. The number of nitrogens with two attached hydrogens (primary N) is 1. The summed E-state index contributed by atoms with van der Waals surface area (Å²) in [7, 11) is 0. The highest BCUT2D eigenvalue weighted by atomic mass is 35.5. The van der Waals surface area contributed by atoms with Gasteiger partial charge in [0.1, 0.15) is 11.3 Å². The summed E-state index contributed by atoms with van der Waals surface area (Å²) in [6.07, 6.45) is 0.305. The predicted molar refractivity (Wildman–Crippen MR) is 57.3 cm³/mol. The van der Waals surface area contributed by atoms with Crippen LogP contribution in [0.3, 0.4) is 0 Å². The number of hydrogen-bond acceptors (Lipinski definition) is 3. The molecule has 1 heterocycles. The summed E-state index contributed by atoms with van der Waals surface area (Å²) in [6.45, 7) is 0.347. The zero-order valence-electron chi connectivity index (χ0n) is 7.97. The normalized spacial score (nSPS) is 23.3. The quantitative estimate of drug-likeness (QED) is 0.757. The van der Waals surface area contributed by atoms with Crippen molar-refractivity contribution in [1.29, 1.82) is 0 Å².